The van der Waals surface area contributed by atoms with Gasteiger partial charge in [-0.1, -0.05) is 53.4 Å². The van der Waals surface area contributed by atoms with Crippen LogP contribution in [0.5, 0.6) is 0 Å². The third-order valence-corrected chi connectivity index (χ3v) is 3.94. The Bertz CT molecular complexity index is 202. The van der Waals surface area contributed by atoms with E-state index in [1.54, 1.807) is 0 Å². The van der Waals surface area contributed by atoms with Gasteiger partial charge in [0.05, 0.1) is 26.2 Å². The van der Waals surface area contributed by atoms with Crippen LogP contribution in [0.15, 0.2) is 0 Å². The molecule has 0 aromatic rings. The molecule has 0 saturated carbocycles. The molecule has 0 bridgehead atoms. The number of carboxylic acid groups (broad SMARTS) is 2. The summed E-state index contributed by atoms with van der Waals surface area (Å²) in [4.78, 5) is 8.56. The summed E-state index contributed by atoms with van der Waals surface area (Å²) < 4.78 is 1.42. The Morgan fingerprint density at radius 3 is 1.00 bits per heavy atom. The zero-order chi connectivity index (χ0) is 16.6. The Balaban J connectivity index is -0.000000268. The number of hydrogen-bond acceptors (Lipinski definition) is 1. The monoisotopic (exact) mass is 408 g/mol. The van der Waals surface area contributed by atoms with Gasteiger partial charge in [0.15, 0.2) is 0 Å². The van der Waals surface area contributed by atoms with Crippen molar-refractivity contribution in [2.75, 3.05) is 26.2 Å². The van der Waals surface area contributed by atoms with Crippen LogP contribution in [-0.4, -0.2) is 76.6 Å². The summed E-state index contributed by atoms with van der Waals surface area (Å²) in [5.74, 6) is 0. The second-order valence-electron chi connectivity index (χ2n) is 5.93. The third kappa shape index (κ3) is 22.7. The summed E-state index contributed by atoms with van der Waals surface area (Å²) in [6.45, 7) is 15.0. The van der Waals surface area contributed by atoms with Crippen molar-refractivity contribution in [3.63, 3.8) is 0 Å². The first-order valence-corrected chi connectivity index (χ1v) is 8.74. The number of nitrogens with zero attached hydrogens (tertiary/aromatic N) is 1. The molecule has 4 nitrogen and oxygen atoms in total. The molecule has 0 amide bonds. The molecule has 0 aliphatic carbocycles. The van der Waals surface area contributed by atoms with Crippen molar-refractivity contribution in [1.82, 2.24) is 0 Å². The molecule has 0 aliphatic heterocycles. The van der Waals surface area contributed by atoms with Gasteiger partial charge in [-0.3, -0.25) is 0 Å². The average Bonchev–Trinajstić information content (AvgIpc) is 2.45. The molecular weight excluding hydrogens is 369 g/mol. The maximum atomic E-state index is 8.56. The number of carbonyl (C=O) groups is 1. The molecule has 0 saturated heterocycles. The van der Waals surface area contributed by atoms with Gasteiger partial charge in [-0.2, -0.15) is 0 Å². The van der Waals surface area contributed by atoms with Crippen molar-refractivity contribution in [3.8, 4) is 0 Å². The van der Waals surface area contributed by atoms with Crippen LogP contribution in [-0.2, 0) is 0 Å². The summed E-state index contributed by atoms with van der Waals surface area (Å²) in [7, 11) is 0. The summed E-state index contributed by atoms with van der Waals surface area (Å²) in [6.07, 6.45) is 9.23. The van der Waals surface area contributed by atoms with E-state index in [2.05, 4.69) is 27.7 Å². The molecule has 0 atom stereocenters. The minimum atomic E-state index is -1.83. The Morgan fingerprint density at radius 1 is 0.696 bits per heavy atom. The molecule has 0 heterocycles. The first-order chi connectivity index (χ1) is 9.97. The molecule has 2 N–H and O–H groups in total. The van der Waals surface area contributed by atoms with Crippen molar-refractivity contribution in [3.05, 3.63) is 0 Å². The van der Waals surface area contributed by atoms with Crippen LogP contribution < -0.4 is 0 Å². The van der Waals surface area contributed by atoms with Gasteiger partial charge in [-0.05, 0) is 25.7 Å². The molecule has 0 rings (SSSR count). The Labute approximate surface area is 176 Å². The number of rotatable bonds is 12. The molecule has 0 spiro atoms. The van der Waals surface area contributed by atoms with Crippen molar-refractivity contribution < 1.29 is 19.5 Å². The molecule has 0 unspecified atom stereocenters. The summed E-state index contributed by atoms with van der Waals surface area (Å²) in [5, 5.41) is 13.9. The predicted octanol–water partition coefficient (Wildman–Crippen LogP) is 5.16. The van der Waals surface area contributed by atoms with E-state index < -0.39 is 6.16 Å². The van der Waals surface area contributed by atoms with Crippen LogP contribution in [0.2, 0.25) is 0 Å². The van der Waals surface area contributed by atoms with E-state index in [-0.39, 0.29) is 46.5 Å². The van der Waals surface area contributed by atoms with Crippen LogP contribution in [0.25, 0.3) is 0 Å². The van der Waals surface area contributed by atoms with Gasteiger partial charge in [0.2, 0.25) is 0 Å². The summed E-state index contributed by atoms with van der Waals surface area (Å²) in [6, 6.07) is 0. The Kier molecular flexibility index (Phi) is 31.1. The summed E-state index contributed by atoms with van der Waals surface area (Å²) in [5.41, 5.74) is 0. The van der Waals surface area contributed by atoms with Gasteiger partial charge in [-0.15, -0.1) is 17.0 Å². The number of unbranched alkanes of at least 4 members (excludes halogenated alkanes) is 4. The fraction of sp³-hybridized carbons (Fsp3) is 0.941. The van der Waals surface area contributed by atoms with Crippen LogP contribution in [0.4, 0.5) is 4.79 Å². The standard InChI is InChI=1S/C16H36N.CH2O3.BrH.Na.H/c1-5-9-13-17(14-10-6-2,15-11-7-3)16-12-8-4;2-1(3)4;;;/h5-16H2,1-4H3;(H2,2,3,4);1H;;/q+1;;;;. The molecule has 138 valence electrons. The fourth-order valence-corrected chi connectivity index (χ4v) is 2.64. The predicted molar refractivity (Wildman–Crippen MR) is 107 cm³/mol. The van der Waals surface area contributed by atoms with Gasteiger partial charge in [0.25, 0.3) is 0 Å². The zero-order valence-corrected chi connectivity index (χ0v) is 16.9. The second kappa shape index (κ2) is 22.7. The van der Waals surface area contributed by atoms with Crippen molar-refractivity contribution >= 4 is 52.7 Å². The van der Waals surface area contributed by atoms with Gasteiger partial charge in [-0.25, -0.2) is 4.79 Å². The van der Waals surface area contributed by atoms with E-state index in [4.69, 9.17) is 15.0 Å². The van der Waals surface area contributed by atoms with E-state index in [9.17, 15) is 0 Å². The van der Waals surface area contributed by atoms with Crippen LogP contribution in [0, 0.1) is 0 Å². The molecule has 0 radical (unpaired) electrons. The van der Waals surface area contributed by atoms with E-state index in [0.29, 0.717) is 0 Å². The van der Waals surface area contributed by atoms with Gasteiger partial charge in [0, 0.05) is 0 Å². The fourth-order valence-electron chi connectivity index (χ4n) is 2.64. The molecule has 6 heteroatoms. The third-order valence-electron chi connectivity index (χ3n) is 3.94. The first kappa shape index (κ1) is 31.5. The zero-order valence-electron chi connectivity index (χ0n) is 15.1. The number of halogens is 1. The number of quaternary nitrogens is 1. The molecule has 0 fully saturated rings. The SMILES string of the molecule is Br.CCCC[N+](CCCC)(CCCC)CCCC.O=C(O)O.[NaH]. The summed E-state index contributed by atoms with van der Waals surface area (Å²) >= 11 is 0. The van der Waals surface area contributed by atoms with Crippen molar-refractivity contribution in [1.29, 1.82) is 0 Å². The normalized spacial score (nSPS) is 9.91. The van der Waals surface area contributed by atoms with Crippen LogP contribution in [0.3, 0.4) is 0 Å². The molecule has 0 aromatic heterocycles. The second-order valence-corrected chi connectivity index (χ2v) is 5.93. The number of hydrogen-bond donors (Lipinski definition) is 2. The van der Waals surface area contributed by atoms with Gasteiger partial charge >= 0.3 is 35.7 Å². The van der Waals surface area contributed by atoms with E-state index >= 15 is 0 Å². The average molecular weight is 409 g/mol. The molecule has 0 aliphatic rings. The minimum absolute atomic E-state index is 0. The van der Waals surface area contributed by atoms with Gasteiger partial charge in [0.1, 0.15) is 0 Å². The van der Waals surface area contributed by atoms with E-state index in [0.717, 1.165) is 0 Å². The van der Waals surface area contributed by atoms with Crippen molar-refractivity contribution in [2.45, 2.75) is 79.1 Å². The molecule has 0 aromatic carbocycles. The molecule has 23 heavy (non-hydrogen) atoms. The van der Waals surface area contributed by atoms with Gasteiger partial charge < -0.3 is 14.7 Å². The topological polar surface area (TPSA) is 57.5 Å². The molecular formula is C17H40BrNNaO3+. The van der Waals surface area contributed by atoms with E-state index in [1.165, 1.54) is 82.0 Å². The Hall–Kier alpha value is 0.710. The quantitative estimate of drug-likeness (QED) is 0.346. The van der Waals surface area contributed by atoms with Crippen LogP contribution >= 0.6 is 17.0 Å². The van der Waals surface area contributed by atoms with Crippen molar-refractivity contribution in [2.24, 2.45) is 0 Å². The van der Waals surface area contributed by atoms with Crippen LogP contribution in [0.1, 0.15) is 79.1 Å². The van der Waals surface area contributed by atoms with E-state index in [1.807, 2.05) is 0 Å². The maximum absolute atomic E-state index is 8.56. The first-order valence-electron chi connectivity index (χ1n) is 8.74. The Morgan fingerprint density at radius 2 is 0.870 bits per heavy atom.